The van der Waals surface area contributed by atoms with E-state index >= 15 is 0 Å². The van der Waals surface area contributed by atoms with Gasteiger partial charge >= 0.3 is 5.97 Å². The normalized spacial score (nSPS) is 13.9. The number of carbonyl (C=O) groups is 2. The van der Waals surface area contributed by atoms with Crippen molar-refractivity contribution in [3.05, 3.63) is 12.2 Å². The molecule has 0 spiro atoms. The van der Waals surface area contributed by atoms with Crippen LogP contribution in [-0.2, 0) is 27.9 Å². The van der Waals surface area contributed by atoms with Crippen molar-refractivity contribution in [3.8, 4) is 0 Å². The molecule has 0 fully saturated rings. The van der Waals surface area contributed by atoms with E-state index in [1.54, 1.807) is 0 Å². The number of phosphoric ester groups is 1. The van der Waals surface area contributed by atoms with Crippen LogP contribution in [0.5, 0.6) is 0 Å². The number of allylic oxidation sites excluding steroid dienone is 1. The lowest BCUT2D eigenvalue weighted by Crippen LogP contribution is -2.47. The molecule has 0 saturated heterocycles. The quantitative estimate of drug-likeness (QED) is 0.0212. The van der Waals surface area contributed by atoms with Crippen molar-refractivity contribution in [1.29, 1.82) is 0 Å². The van der Waals surface area contributed by atoms with Crippen LogP contribution in [0.15, 0.2) is 12.2 Å². The summed E-state index contributed by atoms with van der Waals surface area (Å²) in [5.41, 5.74) is 0. The molecule has 0 radical (unpaired) electrons. The molecule has 3 atom stereocenters. The van der Waals surface area contributed by atoms with Crippen molar-refractivity contribution in [2.45, 2.75) is 296 Å². The van der Waals surface area contributed by atoms with Gasteiger partial charge in [-0.1, -0.05) is 252 Å². The molecule has 392 valence electrons. The maximum atomic E-state index is 13.4. The Morgan fingerprint density at radius 2 is 0.864 bits per heavy atom. The monoisotopic (exact) mass is 955 g/mol. The summed E-state index contributed by atoms with van der Waals surface area (Å²) in [6, 6.07) is -0.877. The van der Waals surface area contributed by atoms with Crippen LogP contribution in [0.3, 0.4) is 0 Å². The Bertz CT molecular complexity index is 1150. The highest BCUT2D eigenvalue weighted by Crippen LogP contribution is 2.38. The van der Waals surface area contributed by atoms with Crippen molar-refractivity contribution < 1.29 is 37.3 Å². The first-order chi connectivity index (χ1) is 31.9. The highest BCUT2D eigenvalue weighted by Gasteiger charge is 2.27. The number of phosphoric acid groups is 1. The second-order valence-electron chi connectivity index (χ2n) is 20.8. The minimum atomic E-state index is -4.68. The van der Waals surface area contributed by atoms with E-state index in [9.17, 15) is 19.0 Å². The fourth-order valence-corrected chi connectivity index (χ4v) is 9.25. The van der Waals surface area contributed by atoms with Gasteiger partial charge in [-0.3, -0.25) is 14.2 Å². The predicted molar refractivity (Wildman–Crippen MR) is 280 cm³/mol. The number of quaternary nitrogens is 1. The Morgan fingerprint density at radius 3 is 1.24 bits per heavy atom. The number of amides is 1. The van der Waals surface area contributed by atoms with E-state index in [4.69, 9.17) is 13.8 Å². The number of nitrogens with zero attached hydrogens (tertiary/aromatic N) is 1. The Morgan fingerprint density at radius 1 is 0.515 bits per heavy atom. The Labute approximate surface area is 410 Å². The van der Waals surface area contributed by atoms with Gasteiger partial charge in [0.15, 0.2) is 0 Å². The maximum Gasteiger partial charge on any atom is 0.306 e. The average Bonchev–Trinajstić information content (AvgIpc) is 3.27. The van der Waals surface area contributed by atoms with Crippen LogP contribution in [0, 0.1) is 0 Å². The van der Waals surface area contributed by atoms with Crippen molar-refractivity contribution in [1.82, 2.24) is 5.32 Å². The van der Waals surface area contributed by atoms with E-state index in [0.717, 1.165) is 57.8 Å². The highest BCUT2D eigenvalue weighted by molar-refractivity contribution is 7.45. The van der Waals surface area contributed by atoms with E-state index in [1.165, 1.54) is 193 Å². The topological polar surface area (TPSA) is 114 Å². The van der Waals surface area contributed by atoms with Gasteiger partial charge in [0.05, 0.1) is 33.8 Å². The third-order valence-electron chi connectivity index (χ3n) is 13.0. The summed E-state index contributed by atoms with van der Waals surface area (Å²) in [7, 11) is 1.20. The van der Waals surface area contributed by atoms with Gasteiger partial charge in [-0.25, -0.2) is 0 Å². The Hall–Kier alpha value is -1.25. The van der Waals surface area contributed by atoms with Crippen molar-refractivity contribution in [2.75, 3.05) is 40.9 Å². The number of esters is 1. The number of unbranched alkanes of at least 4 members (excludes halogenated alkanes) is 36. The molecule has 0 aromatic heterocycles. The van der Waals surface area contributed by atoms with Gasteiger partial charge in [-0.2, -0.15) is 0 Å². The molecule has 0 bridgehead atoms. The summed E-state index contributed by atoms with van der Waals surface area (Å²) in [5, 5.41) is 3.02. The zero-order valence-corrected chi connectivity index (χ0v) is 45.6. The summed E-state index contributed by atoms with van der Waals surface area (Å²) in [5.74, 6) is -0.525. The first-order valence-corrected chi connectivity index (χ1v) is 30.0. The molecule has 0 aliphatic heterocycles. The zero-order chi connectivity index (χ0) is 48.7. The molecule has 66 heavy (non-hydrogen) atoms. The van der Waals surface area contributed by atoms with Crippen molar-refractivity contribution >= 4 is 19.7 Å². The molecule has 0 heterocycles. The first-order valence-electron chi connectivity index (χ1n) is 28.5. The van der Waals surface area contributed by atoms with Crippen LogP contribution in [0.2, 0.25) is 0 Å². The summed E-state index contributed by atoms with van der Waals surface area (Å²) in [4.78, 5) is 39.8. The Balaban J connectivity index is 5.30. The molecule has 1 N–H and O–H groups in total. The number of nitrogens with one attached hydrogen (secondary N) is 1. The minimum absolute atomic E-state index is 0.0171. The third-order valence-corrected chi connectivity index (χ3v) is 13.9. The molecule has 9 nitrogen and oxygen atoms in total. The molecule has 0 rings (SSSR count). The number of ether oxygens (including phenoxy) is 1. The average molecular weight is 955 g/mol. The number of hydrogen-bond acceptors (Lipinski definition) is 7. The van der Waals surface area contributed by atoms with Crippen LogP contribution in [-0.4, -0.2) is 69.4 Å². The molecule has 10 heteroatoms. The molecule has 0 aliphatic carbocycles. The number of likely N-dealkylation sites (N-methyl/N-ethyl adjacent to an activating group) is 1. The van der Waals surface area contributed by atoms with E-state index in [-0.39, 0.29) is 31.5 Å². The lowest BCUT2D eigenvalue weighted by Gasteiger charge is -2.30. The van der Waals surface area contributed by atoms with Crippen LogP contribution >= 0.6 is 7.82 Å². The molecule has 0 aromatic rings. The van der Waals surface area contributed by atoms with Gasteiger partial charge in [-0.15, -0.1) is 0 Å². The maximum absolute atomic E-state index is 13.4. The molecular weight excluding hydrogens is 844 g/mol. The van der Waals surface area contributed by atoms with Crippen LogP contribution in [0.1, 0.15) is 284 Å². The smallest absolute Gasteiger partial charge is 0.306 e. The van der Waals surface area contributed by atoms with E-state index in [2.05, 4.69) is 26.1 Å². The largest absolute Gasteiger partial charge is 0.756 e. The number of carbonyl (C=O) groups excluding carboxylic acids is 2. The molecule has 1 amide bonds. The molecular formula is C56H111N2O7P. The number of rotatable bonds is 52. The second kappa shape index (κ2) is 47.4. The van der Waals surface area contributed by atoms with Gasteiger partial charge in [0.2, 0.25) is 5.91 Å². The predicted octanol–water partition coefficient (Wildman–Crippen LogP) is 16.2. The van der Waals surface area contributed by atoms with Crippen LogP contribution < -0.4 is 10.2 Å². The summed E-state index contributed by atoms with van der Waals surface area (Å²) >= 11 is 0. The SMILES string of the molecule is CCCCCCCCCCC/C=C/C(OC(=O)CCCCCCCCCCCCCCCCC)C(COP(=O)([O-])OCC[N+](C)(C)C)NC(=O)CCCCCCCCCCCCCCCC. The van der Waals surface area contributed by atoms with Crippen molar-refractivity contribution in [3.63, 3.8) is 0 Å². The van der Waals surface area contributed by atoms with Crippen LogP contribution in [0.25, 0.3) is 0 Å². The van der Waals surface area contributed by atoms with Gasteiger partial charge < -0.3 is 28.5 Å². The molecule has 0 saturated carbocycles. The third kappa shape index (κ3) is 47.8. The summed E-state index contributed by atoms with van der Waals surface area (Å²) in [6.45, 7) is 6.87. The van der Waals surface area contributed by atoms with Gasteiger partial charge in [0.1, 0.15) is 19.3 Å². The first kappa shape index (κ1) is 64.8. The van der Waals surface area contributed by atoms with Gasteiger partial charge in [-0.05, 0) is 31.8 Å². The van der Waals surface area contributed by atoms with E-state index in [1.807, 2.05) is 33.3 Å². The summed E-state index contributed by atoms with van der Waals surface area (Å²) in [6.07, 6.45) is 51.7. The number of hydrogen-bond donors (Lipinski definition) is 1. The fraction of sp³-hybridized carbons (Fsp3) is 0.929. The molecule has 0 aliphatic rings. The fourth-order valence-electron chi connectivity index (χ4n) is 8.52. The van der Waals surface area contributed by atoms with E-state index in [0.29, 0.717) is 17.4 Å². The summed E-state index contributed by atoms with van der Waals surface area (Å²) < 4.78 is 30.2. The second-order valence-corrected chi connectivity index (χ2v) is 22.2. The standard InChI is InChI=1S/C56H111N2O7P/c1-7-10-13-16-19-22-25-27-29-31-34-37-40-43-46-49-56(60)65-54(47-44-41-38-35-32-24-21-18-15-12-9-3)53(52-64-66(61,62)63-51-50-58(4,5)6)57-55(59)48-45-42-39-36-33-30-28-26-23-20-17-14-11-8-2/h44,47,53-54H,7-43,45-46,48-52H2,1-6H3,(H-,57,59,61,62)/b47-44+. The molecule has 0 aromatic carbocycles. The highest BCUT2D eigenvalue weighted by atomic mass is 31.2. The lowest BCUT2D eigenvalue weighted by atomic mass is 10.0. The molecule has 3 unspecified atom stereocenters. The minimum Gasteiger partial charge on any atom is -0.756 e. The van der Waals surface area contributed by atoms with Crippen LogP contribution in [0.4, 0.5) is 0 Å². The van der Waals surface area contributed by atoms with E-state index < -0.39 is 20.0 Å². The van der Waals surface area contributed by atoms with Crippen molar-refractivity contribution in [2.24, 2.45) is 0 Å². The zero-order valence-electron chi connectivity index (χ0n) is 44.7. The lowest BCUT2D eigenvalue weighted by molar-refractivity contribution is -0.870. The Kier molecular flexibility index (Phi) is 46.5. The van der Waals surface area contributed by atoms with Gasteiger partial charge in [0, 0.05) is 12.8 Å². The van der Waals surface area contributed by atoms with Gasteiger partial charge in [0.25, 0.3) is 7.82 Å².